The summed E-state index contributed by atoms with van der Waals surface area (Å²) in [5.41, 5.74) is 0. The van der Waals surface area contributed by atoms with Gasteiger partial charge in [0.25, 0.3) is 0 Å². The molecular formula is C17H29N3O. The molecule has 2 aliphatic rings. The quantitative estimate of drug-likeness (QED) is 0.836. The third-order valence-electron chi connectivity index (χ3n) is 4.86. The molecule has 4 heteroatoms. The Bertz CT molecular complexity index is 433. The van der Waals surface area contributed by atoms with Crippen LogP contribution in [0.25, 0.3) is 0 Å². The van der Waals surface area contributed by atoms with E-state index in [4.69, 9.17) is 4.42 Å². The lowest BCUT2D eigenvalue weighted by Gasteiger charge is -2.37. The van der Waals surface area contributed by atoms with Crippen LogP contribution in [0.5, 0.6) is 0 Å². The van der Waals surface area contributed by atoms with E-state index >= 15 is 0 Å². The summed E-state index contributed by atoms with van der Waals surface area (Å²) in [5.74, 6) is 2.19. The predicted molar refractivity (Wildman–Crippen MR) is 85.2 cm³/mol. The lowest BCUT2D eigenvalue weighted by Crippen LogP contribution is -2.48. The molecule has 0 aromatic carbocycles. The summed E-state index contributed by atoms with van der Waals surface area (Å²) in [6.45, 7) is 11.1. The van der Waals surface area contributed by atoms with E-state index in [0.717, 1.165) is 49.8 Å². The number of nitrogens with one attached hydrogen (secondary N) is 1. The van der Waals surface area contributed by atoms with Gasteiger partial charge in [-0.05, 0) is 38.3 Å². The lowest BCUT2D eigenvalue weighted by atomic mass is 10.2. The number of piperazine rings is 1. The molecule has 0 bridgehead atoms. The topological polar surface area (TPSA) is 31.6 Å². The SMILES string of the molecule is CCC(C)N1CCN(Cc2ccc(CNC3CC3)o2)CC1. The molecule has 21 heavy (non-hydrogen) atoms. The molecule has 2 fully saturated rings. The van der Waals surface area contributed by atoms with E-state index in [0.29, 0.717) is 0 Å². The summed E-state index contributed by atoms with van der Waals surface area (Å²) >= 11 is 0. The van der Waals surface area contributed by atoms with Crippen molar-refractivity contribution in [3.63, 3.8) is 0 Å². The molecule has 0 amide bonds. The van der Waals surface area contributed by atoms with Gasteiger partial charge in [0.1, 0.15) is 11.5 Å². The zero-order valence-corrected chi connectivity index (χ0v) is 13.5. The molecule has 3 rings (SSSR count). The van der Waals surface area contributed by atoms with Crippen LogP contribution in [-0.4, -0.2) is 48.1 Å². The maximum atomic E-state index is 5.94. The first-order valence-corrected chi connectivity index (χ1v) is 8.52. The van der Waals surface area contributed by atoms with E-state index < -0.39 is 0 Å². The molecule has 1 aliphatic heterocycles. The van der Waals surface area contributed by atoms with E-state index in [-0.39, 0.29) is 0 Å². The number of rotatable bonds is 7. The van der Waals surface area contributed by atoms with Gasteiger partial charge in [0.05, 0.1) is 13.1 Å². The van der Waals surface area contributed by atoms with Gasteiger partial charge in [-0.25, -0.2) is 0 Å². The van der Waals surface area contributed by atoms with Crippen molar-refractivity contribution < 1.29 is 4.42 Å². The van der Waals surface area contributed by atoms with Gasteiger partial charge in [-0.1, -0.05) is 6.92 Å². The predicted octanol–water partition coefficient (Wildman–Crippen LogP) is 2.45. The summed E-state index contributed by atoms with van der Waals surface area (Å²) in [6, 6.07) is 5.73. The Morgan fingerprint density at radius 1 is 1.19 bits per heavy atom. The van der Waals surface area contributed by atoms with Crippen LogP contribution in [0.4, 0.5) is 0 Å². The van der Waals surface area contributed by atoms with Crippen molar-refractivity contribution in [2.45, 2.75) is 58.3 Å². The second kappa shape index (κ2) is 6.95. The number of furan rings is 1. The standard InChI is InChI=1S/C17H29N3O/c1-3-14(2)20-10-8-19(9-11-20)13-17-7-6-16(21-17)12-18-15-4-5-15/h6-7,14-15,18H,3-5,8-13H2,1-2H3. The Kier molecular flexibility index (Phi) is 4.99. The summed E-state index contributed by atoms with van der Waals surface area (Å²) in [7, 11) is 0. The maximum Gasteiger partial charge on any atom is 0.118 e. The molecule has 1 aliphatic carbocycles. The molecule has 4 nitrogen and oxygen atoms in total. The minimum atomic E-state index is 0.718. The Balaban J connectivity index is 1.42. The average Bonchev–Trinajstić information content (AvgIpc) is 3.25. The second-order valence-corrected chi connectivity index (χ2v) is 6.59. The van der Waals surface area contributed by atoms with Crippen molar-refractivity contribution >= 4 is 0 Å². The van der Waals surface area contributed by atoms with Gasteiger partial charge in [0.2, 0.25) is 0 Å². The van der Waals surface area contributed by atoms with Crippen LogP contribution in [0.15, 0.2) is 16.5 Å². The zero-order valence-electron chi connectivity index (χ0n) is 13.5. The molecule has 2 heterocycles. The van der Waals surface area contributed by atoms with Crippen molar-refractivity contribution in [3.05, 3.63) is 23.7 Å². The third-order valence-corrected chi connectivity index (χ3v) is 4.86. The van der Waals surface area contributed by atoms with Crippen molar-refractivity contribution in [1.82, 2.24) is 15.1 Å². The van der Waals surface area contributed by atoms with E-state index in [1.165, 1.54) is 32.4 Å². The van der Waals surface area contributed by atoms with Crippen LogP contribution in [0.2, 0.25) is 0 Å². The van der Waals surface area contributed by atoms with Crippen molar-refractivity contribution in [3.8, 4) is 0 Å². The summed E-state index contributed by atoms with van der Waals surface area (Å²) in [5, 5.41) is 3.50. The minimum Gasteiger partial charge on any atom is -0.463 e. The molecule has 0 radical (unpaired) electrons. The van der Waals surface area contributed by atoms with E-state index in [9.17, 15) is 0 Å². The number of hydrogen-bond donors (Lipinski definition) is 1. The molecule has 1 saturated heterocycles. The van der Waals surface area contributed by atoms with Gasteiger partial charge >= 0.3 is 0 Å². The van der Waals surface area contributed by atoms with Crippen molar-refractivity contribution in [2.24, 2.45) is 0 Å². The summed E-state index contributed by atoms with van der Waals surface area (Å²) in [4.78, 5) is 5.11. The first-order valence-electron chi connectivity index (χ1n) is 8.52. The van der Waals surface area contributed by atoms with Crippen LogP contribution in [0.3, 0.4) is 0 Å². The van der Waals surface area contributed by atoms with E-state index in [1.54, 1.807) is 0 Å². The molecule has 118 valence electrons. The van der Waals surface area contributed by atoms with Gasteiger partial charge in [0.15, 0.2) is 0 Å². The normalized spacial score (nSPS) is 22.6. The molecule has 1 atom stereocenters. The Morgan fingerprint density at radius 2 is 1.90 bits per heavy atom. The van der Waals surface area contributed by atoms with Crippen LogP contribution >= 0.6 is 0 Å². The fourth-order valence-electron chi connectivity index (χ4n) is 2.98. The third kappa shape index (κ3) is 4.31. The summed E-state index contributed by atoms with van der Waals surface area (Å²) in [6.07, 6.45) is 3.90. The second-order valence-electron chi connectivity index (χ2n) is 6.59. The number of hydrogen-bond acceptors (Lipinski definition) is 4. The fraction of sp³-hybridized carbons (Fsp3) is 0.765. The molecule has 1 aromatic rings. The molecule has 1 aromatic heterocycles. The van der Waals surface area contributed by atoms with Gasteiger partial charge in [-0.15, -0.1) is 0 Å². The highest BCUT2D eigenvalue weighted by Crippen LogP contribution is 2.20. The molecular weight excluding hydrogens is 262 g/mol. The highest BCUT2D eigenvalue weighted by Gasteiger charge is 2.22. The highest BCUT2D eigenvalue weighted by atomic mass is 16.3. The van der Waals surface area contributed by atoms with Crippen LogP contribution in [0.1, 0.15) is 44.6 Å². The smallest absolute Gasteiger partial charge is 0.118 e. The van der Waals surface area contributed by atoms with E-state index in [1.807, 2.05) is 0 Å². The Morgan fingerprint density at radius 3 is 2.57 bits per heavy atom. The highest BCUT2D eigenvalue weighted by molar-refractivity contribution is 5.07. The van der Waals surface area contributed by atoms with Crippen molar-refractivity contribution in [2.75, 3.05) is 26.2 Å². The molecule has 1 saturated carbocycles. The summed E-state index contributed by atoms with van der Waals surface area (Å²) < 4.78 is 5.94. The molecule has 0 spiro atoms. The van der Waals surface area contributed by atoms with Crippen LogP contribution < -0.4 is 5.32 Å². The first-order chi connectivity index (χ1) is 10.2. The molecule has 1 unspecified atom stereocenters. The Hall–Kier alpha value is -0.840. The largest absolute Gasteiger partial charge is 0.463 e. The molecule has 1 N–H and O–H groups in total. The van der Waals surface area contributed by atoms with Gasteiger partial charge < -0.3 is 9.73 Å². The van der Waals surface area contributed by atoms with Gasteiger partial charge in [-0.3, -0.25) is 9.80 Å². The van der Waals surface area contributed by atoms with Gasteiger partial charge in [-0.2, -0.15) is 0 Å². The number of nitrogens with zero attached hydrogens (tertiary/aromatic N) is 2. The zero-order chi connectivity index (χ0) is 14.7. The fourth-order valence-corrected chi connectivity index (χ4v) is 2.98. The lowest BCUT2D eigenvalue weighted by molar-refractivity contribution is 0.0916. The monoisotopic (exact) mass is 291 g/mol. The minimum absolute atomic E-state index is 0.718. The van der Waals surface area contributed by atoms with Gasteiger partial charge in [0, 0.05) is 38.3 Å². The first kappa shape index (κ1) is 15.1. The maximum absolute atomic E-state index is 5.94. The van der Waals surface area contributed by atoms with Crippen molar-refractivity contribution in [1.29, 1.82) is 0 Å². The average molecular weight is 291 g/mol. The van der Waals surface area contributed by atoms with Crippen LogP contribution in [0, 0.1) is 0 Å². The van der Waals surface area contributed by atoms with E-state index in [2.05, 4.69) is 41.1 Å². The van der Waals surface area contributed by atoms with Crippen LogP contribution in [-0.2, 0) is 13.1 Å². The Labute approximate surface area is 128 Å².